The lowest BCUT2D eigenvalue weighted by Gasteiger charge is -2.14. The van der Waals surface area contributed by atoms with Gasteiger partial charge in [0, 0.05) is 0 Å². The third-order valence-electron chi connectivity index (χ3n) is 5.73. The van der Waals surface area contributed by atoms with Crippen molar-refractivity contribution in [2.75, 3.05) is 11.5 Å². The van der Waals surface area contributed by atoms with Gasteiger partial charge in [-0.1, -0.05) is 51.9 Å². The topological polar surface area (TPSA) is 101 Å². The number of fused-ring (bicyclic) bond motifs is 1. The number of aromatic carboxylic acids is 1. The van der Waals surface area contributed by atoms with E-state index in [0.29, 0.717) is 17.9 Å². The highest BCUT2D eigenvalue weighted by Crippen LogP contribution is 2.29. The van der Waals surface area contributed by atoms with Crippen molar-refractivity contribution in [1.82, 2.24) is 0 Å². The Labute approximate surface area is 193 Å². The number of carboxylic acids is 1. The van der Waals surface area contributed by atoms with Gasteiger partial charge in [0.1, 0.15) is 0 Å². The molecule has 0 unspecified atom stereocenters. The molecule has 7 heteroatoms. The van der Waals surface area contributed by atoms with Gasteiger partial charge in [-0.3, -0.25) is 9.59 Å². The van der Waals surface area contributed by atoms with Crippen LogP contribution in [0.15, 0.2) is 42.5 Å². The largest absolute Gasteiger partial charge is 0.478 e. The number of unbranched alkanes of at least 4 members (excludes halogenated alkanes) is 7. The van der Waals surface area contributed by atoms with Gasteiger partial charge in [0.15, 0.2) is 0 Å². The number of hydrogen-bond acceptors (Lipinski definition) is 5. The van der Waals surface area contributed by atoms with Crippen molar-refractivity contribution in [2.24, 2.45) is 0 Å². The SMILES string of the molecule is CCCCCCCCCCOC(=O)c1ccc(N2C(=O)c3ccc(C(=O)O)cc3C2=O)cc1. The molecule has 2 amide bonds. The lowest BCUT2D eigenvalue weighted by atomic mass is 10.1. The Morgan fingerprint density at radius 3 is 2.00 bits per heavy atom. The van der Waals surface area contributed by atoms with Crippen LogP contribution < -0.4 is 4.90 Å². The lowest BCUT2D eigenvalue weighted by molar-refractivity contribution is 0.0497. The fraction of sp³-hybridized carbons (Fsp3) is 0.385. The molecule has 0 fully saturated rings. The smallest absolute Gasteiger partial charge is 0.338 e. The normalized spacial score (nSPS) is 12.7. The predicted molar refractivity (Wildman–Crippen MR) is 124 cm³/mol. The number of imide groups is 1. The number of carboxylic acid groups (broad SMARTS) is 1. The van der Waals surface area contributed by atoms with E-state index in [9.17, 15) is 19.2 Å². The zero-order valence-corrected chi connectivity index (χ0v) is 18.8. The Kier molecular flexibility index (Phi) is 8.35. The maximum Gasteiger partial charge on any atom is 0.338 e. The highest BCUT2D eigenvalue weighted by Gasteiger charge is 2.37. The molecule has 174 valence electrons. The van der Waals surface area contributed by atoms with E-state index in [1.165, 1.54) is 74.6 Å². The number of nitrogens with zero attached hydrogens (tertiary/aromatic N) is 1. The third kappa shape index (κ3) is 5.86. The summed E-state index contributed by atoms with van der Waals surface area (Å²) in [6, 6.07) is 9.88. The van der Waals surface area contributed by atoms with Crippen LogP contribution in [0.4, 0.5) is 5.69 Å². The number of rotatable bonds is 12. The zero-order valence-electron chi connectivity index (χ0n) is 18.8. The second-order valence-corrected chi connectivity index (χ2v) is 8.17. The van der Waals surface area contributed by atoms with Gasteiger partial charge in [-0.15, -0.1) is 0 Å². The van der Waals surface area contributed by atoms with Crippen LogP contribution >= 0.6 is 0 Å². The molecule has 0 aromatic heterocycles. The van der Waals surface area contributed by atoms with E-state index < -0.39 is 23.8 Å². The highest BCUT2D eigenvalue weighted by atomic mass is 16.5. The van der Waals surface area contributed by atoms with Gasteiger partial charge in [-0.25, -0.2) is 14.5 Å². The predicted octanol–water partition coefficient (Wildman–Crippen LogP) is 5.48. The van der Waals surface area contributed by atoms with Crippen LogP contribution in [-0.4, -0.2) is 35.5 Å². The second-order valence-electron chi connectivity index (χ2n) is 8.17. The molecular formula is C26H29NO6. The van der Waals surface area contributed by atoms with Crippen LogP contribution in [-0.2, 0) is 4.74 Å². The molecule has 33 heavy (non-hydrogen) atoms. The minimum Gasteiger partial charge on any atom is -0.478 e. The molecule has 0 radical (unpaired) electrons. The molecule has 1 N–H and O–H groups in total. The Balaban J connectivity index is 1.52. The summed E-state index contributed by atoms with van der Waals surface area (Å²) in [6.45, 7) is 2.56. The molecule has 0 aliphatic carbocycles. The van der Waals surface area contributed by atoms with Gasteiger partial charge < -0.3 is 9.84 Å². The summed E-state index contributed by atoms with van der Waals surface area (Å²) < 4.78 is 5.33. The van der Waals surface area contributed by atoms with Crippen LogP contribution in [0.3, 0.4) is 0 Å². The van der Waals surface area contributed by atoms with Crippen molar-refractivity contribution in [1.29, 1.82) is 0 Å². The first-order valence-electron chi connectivity index (χ1n) is 11.5. The molecule has 0 saturated heterocycles. The minimum atomic E-state index is -1.17. The maximum atomic E-state index is 12.7. The van der Waals surface area contributed by atoms with E-state index in [0.717, 1.165) is 24.2 Å². The van der Waals surface area contributed by atoms with Gasteiger partial charge in [0.05, 0.1) is 34.5 Å². The van der Waals surface area contributed by atoms with Gasteiger partial charge in [-0.05, 0) is 48.9 Å². The van der Waals surface area contributed by atoms with Crippen molar-refractivity contribution >= 4 is 29.4 Å². The number of amides is 2. The Morgan fingerprint density at radius 2 is 1.36 bits per heavy atom. The molecule has 7 nitrogen and oxygen atoms in total. The van der Waals surface area contributed by atoms with Gasteiger partial charge in [0.2, 0.25) is 0 Å². The standard InChI is InChI=1S/C26H29NO6/c1-2-3-4-5-6-7-8-9-16-33-26(32)18-10-13-20(14-11-18)27-23(28)21-15-12-19(25(30)31)17-22(21)24(27)29/h10-15,17H,2-9,16H2,1H3,(H,30,31). The molecule has 0 saturated carbocycles. The van der Waals surface area contributed by atoms with Crippen molar-refractivity contribution in [3.63, 3.8) is 0 Å². The highest BCUT2D eigenvalue weighted by molar-refractivity contribution is 6.34. The van der Waals surface area contributed by atoms with E-state index >= 15 is 0 Å². The minimum absolute atomic E-state index is 0.0498. The number of hydrogen-bond donors (Lipinski definition) is 1. The van der Waals surface area contributed by atoms with Crippen molar-refractivity contribution in [2.45, 2.75) is 58.3 Å². The molecule has 0 atom stereocenters. The number of carbonyl (C=O) groups is 4. The fourth-order valence-electron chi connectivity index (χ4n) is 3.84. The quantitative estimate of drug-likeness (QED) is 0.260. The fourth-order valence-corrected chi connectivity index (χ4v) is 3.84. The molecule has 1 aliphatic heterocycles. The van der Waals surface area contributed by atoms with Crippen LogP contribution in [0.25, 0.3) is 0 Å². The monoisotopic (exact) mass is 451 g/mol. The van der Waals surface area contributed by atoms with E-state index in [-0.39, 0.29) is 16.7 Å². The average Bonchev–Trinajstić information content (AvgIpc) is 3.07. The Morgan fingerprint density at radius 1 is 0.788 bits per heavy atom. The molecule has 2 aromatic rings. The lowest BCUT2D eigenvalue weighted by Crippen LogP contribution is -2.29. The maximum absolute atomic E-state index is 12.7. The van der Waals surface area contributed by atoms with E-state index in [4.69, 9.17) is 9.84 Å². The molecule has 0 bridgehead atoms. The zero-order chi connectivity index (χ0) is 23.8. The second kappa shape index (κ2) is 11.4. The Hall–Kier alpha value is -3.48. The summed E-state index contributed by atoms with van der Waals surface area (Å²) in [7, 11) is 0. The number of anilines is 1. The van der Waals surface area contributed by atoms with Gasteiger partial charge >= 0.3 is 11.9 Å². The first-order valence-corrected chi connectivity index (χ1v) is 11.5. The number of esters is 1. The van der Waals surface area contributed by atoms with Crippen LogP contribution in [0.5, 0.6) is 0 Å². The molecular weight excluding hydrogens is 422 g/mol. The van der Waals surface area contributed by atoms with Gasteiger partial charge in [-0.2, -0.15) is 0 Å². The van der Waals surface area contributed by atoms with Crippen molar-refractivity contribution < 1.29 is 29.0 Å². The van der Waals surface area contributed by atoms with E-state index in [1.807, 2.05) is 0 Å². The summed E-state index contributed by atoms with van der Waals surface area (Å²) in [5.74, 6) is -2.75. The van der Waals surface area contributed by atoms with Crippen LogP contribution in [0.1, 0.15) is 99.7 Å². The van der Waals surface area contributed by atoms with Crippen LogP contribution in [0, 0.1) is 0 Å². The van der Waals surface area contributed by atoms with E-state index in [1.54, 1.807) is 0 Å². The molecule has 2 aromatic carbocycles. The van der Waals surface area contributed by atoms with Crippen LogP contribution in [0.2, 0.25) is 0 Å². The number of benzene rings is 2. The summed E-state index contributed by atoms with van der Waals surface area (Å²) in [6.07, 6.45) is 9.28. The summed E-state index contributed by atoms with van der Waals surface area (Å²) >= 11 is 0. The van der Waals surface area contributed by atoms with Crippen molar-refractivity contribution in [3.8, 4) is 0 Å². The molecule has 1 aliphatic rings. The molecule has 1 heterocycles. The average molecular weight is 452 g/mol. The first-order chi connectivity index (χ1) is 15.9. The summed E-state index contributed by atoms with van der Waals surface area (Å²) in [5.41, 5.74) is 0.778. The number of carbonyl (C=O) groups excluding carboxylic acids is 3. The van der Waals surface area contributed by atoms with E-state index in [2.05, 4.69) is 6.92 Å². The Bertz CT molecular complexity index is 1030. The molecule has 0 spiro atoms. The first kappa shape index (κ1) is 24.2. The van der Waals surface area contributed by atoms with Gasteiger partial charge in [0.25, 0.3) is 11.8 Å². The van der Waals surface area contributed by atoms with Crippen molar-refractivity contribution in [3.05, 3.63) is 64.7 Å². The summed E-state index contributed by atoms with van der Waals surface area (Å²) in [5, 5.41) is 9.12. The third-order valence-corrected chi connectivity index (χ3v) is 5.73. The number of ether oxygens (including phenoxy) is 1. The molecule has 3 rings (SSSR count). The summed E-state index contributed by atoms with van der Waals surface area (Å²) in [4.78, 5) is 49.8.